The van der Waals surface area contributed by atoms with Crippen molar-refractivity contribution in [1.29, 1.82) is 0 Å². The number of esters is 1. The summed E-state index contributed by atoms with van der Waals surface area (Å²) < 4.78 is 80.0. The number of benzene rings is 3. The summed E-state index contributed by atoms with van der Waals surface area (Å²) in [6, 6.07) is 21.1. The Morgan fingerprint density at radius 1 is 1.02 bits per heavy atom. The second kappa shape index (κ2) is 12.4. The van der Waals surface area contributed by atoms with E-state index in [1.807, 2.05) is 6.92 Å². The highest BCUT2D eigenvalue weighted by atomic mass is 32.2. The van der Waals surface area contributed by atoms with Gasteiger partial charge in [0.15, 0.2) is 5.69 Å². The van der Waals surface area contributed by atoms with E-state index in [1.54, 1.807) is 59.6 Å². The molecule has 1 aliphatic rings. The van der Waals surface area contributed by atoms with Crippen LogP contribution in [0, 0.1) is 12.8 Å². The Morgan fingerprint density at radius 3 is 2.40 bits per heavy atom. The van der Waals surface area contributed by atoms with Crippen LogP contribution in [0.4, 0.5) is 13.2 Å². The molecule has 1 atom stereocenters. The second-order valence-corrected chi connectivity index (χ2v) is 12.4. The van der Waals surface area contributed by atoms with Crippen LogP contribution in [0.1, 0.15) is 28.0 Å². The fourth-order valence-corrected chi connectivity index (χ4v) is 5.90. The van der Waals surface area contributed by atoms with Crippen LogP contribution in [0.25, 0.3) is 16.9 Å². The molecule has 0 bridgehead atoms. The Balaban J connectivity index is 1.06. The van der Waals surface area contributed by atoms with Crippen molar-refractivity contribution in [2.45, 2.75) is 24.4 Å². The van der Waals surface area contributed by atoms with Crippen molar-refractivity contribution < 1.29 is 45.4 Å². The molecule has 0 spiro atoms. The van der Waals surface area contributed by atoms with Crippen LogP contribution in [0.15, 0.2) is 94.5 Å². The fraction of sp³-hybridized carbons (Fsp3) is 0.233. The number of sulfonamides is 1. The number of rotatable bonds is 10. The van der Waals surface area contributed by atoms with E-state index >= 15 is 0 Å². The van der Waals surface area contributed by atoms with Crippen LogP contribution >= 0.6 is 0 Å². The molecular weight excluding hydrogens is 645 g/mol. The largest absolute Gasteiger partial charge is 0.435 e. The molecule has 1 amide bonds. The highest BCUT2D eigenvalue weighted by molar-refractivity contribution is 7.90. The predicted molar refractivity (Wildman–Crippen MR) is 158 cm³/mol. The van der Waals surface area contributed by atoms with E-state index in [9.17, 15) is 31.2 Å². The lowest BCUT2D eigenvalue weighted by Gasteiger charge is -2.13. The summed E-state index contributed by atoms with van der Waals surface area (Å²) in [5.41, 5.74) is 1.02. The number of hydrogen-bond donors (Lipinski definition) is 1. The van der Waals surface area contributed by atoms with Crippen LogP contribution in [0.3, 0.4) is 0 Å². The van der Waals surface area contributed by atoms with Crippen LogP contribution in [0.2, 0.25) is 0 Å². The lowest BCUT2D eigenvalue weighted by Crippen LogP contribution is -2.38. The van der Waals surface area contributed by atoms with Gasteiger partial charge in [-0.1, -0.05) is 48.0 Å². The van der Waals surface area contributed by atoms with Gasteiger partial charge in [0.1, 0.15) is 5.02 Å². The third-order valence-electron chi connectivity index (χ3n) is 7.37. The molecule has 3 aromatic carbocycles. The summed E-state index contributed by atoms with van der Waals surface area (Å²) in [6.45, 7) is 1.86. The van der Waals surface area contributed by atoms with E-state index in [2.05, 4.69) is 9.82 Å². The molecule has 1 fully saturated rings. The molecule has 2 aromatic heterocycles. The van der Waals surface area contributed by atoms with Crippen molar-refractivity contribution in [2.75, 3.05) is 24.9 Å². The third kappa shape index (κ3) is 7.04. The van der Waals surface area contributed by atoms with E-state index in [-0.39, 0.29) is 22.8 Å². The molecule has 1 unspecified atom stereocenters. The first-order valence-corrected chi connectivity index (χ1v) is 15.7. The molecule has 6 rings (SSSR count). The minimum Gasteiger partial charge on any atom is -0.422 e. The monoisotopic (exact) mass is 672 g/mol. The molecule has 0 saturated carbocycles. The summed E-state index contributed by atoms with van der Waals surface area (Å²) in [7, 11) is -4.31. The van der Waals surface area contributed by atoms with Gasteiger partial charge in [0, 0.05) is 17.1 Å². The number of halogens is 3. The SMILES string of the molecule is Cc1ccc(-c2cc(C(F)(F)F)nn2-c2ccc(S(=O)(=O)NC(=O)C3CCN(n4on4OCOC(=O)c4ccccc4)C3)cc2)cc1. The minimum absolute atomic E-state index is 0.104. The number of ether oxygens (including phenoxy) is 1. The lowest BCUT2D eigenvalue weighted by molar-refractivity contribution is -0.141. The topological polar surface area (TPSA) is 143 Å². The summed E-state index contributed by atoms with van der Waals surface area (Å²) in [5.74, 6) is -2.05. The molecule has 0 aliphatic carbocycles. The second-order valence-electron chi connectivity index (χ2n) is 10.7. The molecular formula is C30H27F3N6O7S. The van der Waals surface area contributed by atoms with Gasteiger partial charge in [-0.25, -0.2) is 22.6 Å². The molecule has 0 radical (unpaired) electrons. The molecule has 13 nitrogen and oxygen atoms in total. The summed E-state index contributed by atoms with van der Waals surface area (Å²) >= 11 is 0. The highest BCUT2D eigenvalue weighted by Crippen LogP contribution is 2.33. The molecule has 17 heteroatoms. The third-order valence-corrected chi connectivity index (χ3v) is 8.74. The van der Waals surface area contributed by atoms with E-state index < -0.39 is 46.5 Å². The summed E-state index contributed by atoms with van der Waals surface area (Å²) in [6.07, 6.45) is -4.39. The van der Waals surface area contributed by atoms with E-state index in [0.717, 1.165) is 21.3 Å². The Kier molecular flexibility index (Phi) is 8.31. The Hall–Kier alpha value is -5.45. The molecule has 5 aromatic rings. The van der Waals surface area contributed by atoms with Gasteiger partial charge in [0.2, 0.25) is 5.91 Å². The molecule has 47 heavy (non-hydrogen) atoms. The zero-order valence-electron chi connectivity index (χ0n) is 24.6. The number of nitrogens with one attached hydrogen (secondary N) is 1. The average molecular weight is 673 g/mol. The van der Waals surface area contributed by atoms with Crippen molar-refractivity contribution in [3.8, 4) is 16.9 Å². The van der Waals surface area contributed by atoms with E-state index in [4.69, 9.17) is 14.2 Å². The number of amides is 1. The minimum atomic E-state index is -4.70. The van der Waals surface area contributed by atoms with E-state index in [0.29, 0.717) is 24.1 Å². The highest BCUT2D eigenvalue weighted by Gasteiger charge is 2.36. The number of hydrogen-bond acceptors (Lipinski definition) is 9. The van der Waals surface area contributed by atoms with Gasteiger partial charge in [0.05, 0.1) is 34.3 Å². The number of aryl methyl sites for hydroxylation is 1. The van der Waals surface area contributed by atoms with Gasteiger partial charge >= 0.3 is 12.1 Å². The number of nitrogens with zero attached hydrogens (tertiary/aromatic N) is 5. The van der Waals surface area contributed by atoms with E-state index in [1.165, 1.54) is 29.2 Å². The van der Waals surface area contributed by atoms with Crippen LogP contribution in [-0.4, -0.2) is 59.9 Å². The lowest BCUT2D eigenvalue weighted by atomic mass is 10.1. The van der Waals surface area contributed by atoms with Crippen molar-refractivity contribution in [3.63, 3.8) is 0 Å². The first-order chi connectivity index (χ1) is 22.4. The summed E-state index contributed by atoms with van der Waals surface area (Å²) in [5, 5.41) is 6.27. The maximum absolute atomic E-state index is 13.5. The van der Waals surface area contributed by atoms with Gasteiger partial charge in [-0.3, -0.25) is 9.80 Å². The molecule has 246 valence electrons. The zero-order chi connectivity index (χ0) is 33.3. The number of alkyl halides is 3. The normalized spacial score (nSPS) is 15.1. The zero-order valence-corrected chi connectivity index (χ0v) is 25.4. The first kappa shape index (κ1) is 31.5. The number of aromatic nitrogens is 4. The molecule has 3 heterocycles. The predicted octanol–water partition coefficient (Wildman–Crippen LogP) is 3.77. The Labute approximate surface area is 265 Å². The first-order valence-electron chi connectivity index (χ1n) is 14.2. The standard InChI is InChI=1S/C30H27F3N6O7S/c1-20-7-9-21(10-8-20)26-17-27(30(31,32)33)34-37(26)24-11-13-25(14-12-24)47(42,43)35-28(40)23-15-16-36(18-23)38-39(46-38)45-19-44-29(41)22-5-3-2-4-6-22/h2-14,17,23H,15-16,18-19H2,1H3,(H,35,40). The van der Waals surface area contributed by atoms with Gasteiger partial charge in [-0.2, -0.15) is 22.9 Å². The fourth-order valence-electron chi connectivity index (χ4n) is 4.86. The smallest absolute Gasteiger partial charge is 0.422 e. The van der Waals surface area contributed by atoms with Crippen molar-refractivity contribution in [3.05, 3.63) is 102 Å². The average Bonchev–Trinajstić information content (AvgIpc) is 3.42. The van der Waals surface area contributed by atoms with Crippen molar-refractivity contribution >= 4 is 21.9 Å². The Morgan fingerprint density at radius 2 is 1.72 bits per heavy atom. The van der Waals surface area contributed by atoms with Crippen LogP contribution < -0.4 is 14.6 Å². The molecule has 1 saturated heterocycles. The maximum atomic E-state index is 13.5. The van der Waals surface area contributed by atoms with Crippen molar-refractivity contribution in [1.82, 2.24) is 24.5 Å². The molecule has 1 aliphatic heterocycles. The van der Waals surface area contributed by atoms with Crippen LogP contribution in [-0.2, 0) is 25.7 Å². The maximum Gasteiger partial charge on any atom is 0.435 e. The number of carbonyl (C=O) groups is 2. The summed E-state index contributed by atoms with van der Waals surface area (Å²) in [4.78, 5) is 31.0. The van der Waals surface area contributed by atoms with Gasteiger partial charge in [0.25, 0.3) is 16.8 Å². The number of carbonyl (C=O) groups excluding carboxylic acids is 2. The molecule has 1 N–H and O–H groups in total. The van der Waals surface area contributed by atoms with Crippen LogP contribution in [0.5, 0.6) is 0 Å². The van der Waals surface area contributed by atoms with Crippen molar-refractivity contribution in [2.24, 2.45) is 5.92 Å². The van der Waals surface area contributed by atoms with Gasteiger partial charge < -0.3 is 9.57 Å². The quantitative estimate of drug-likeness (QED) is 0.173. The van der Waals surface area contributed by atoms with Gasteiger partial charge in [-0.15, -0.1) is 0 Å². The van der Waals surface area contributed by atoms with Gasteiger partial charge in [-0.05, 0) is 55.8 Å². The Bertz CT molecular complexity index is 1980.